The normalized spacial score (nSPS) is 15.1. The van der Waals surface area contributed by atoms with Crippen LogP contribution in [0.1, 0.15) is 33.4 Å². The Kier molecular flexibility index (Phi) is 4.25. The zero-order chi connectivity index (χ0) is 14.0. The van der Waals surface area contributed by atoms with E-state index in [1.165, 1.54) is 10.9 Å². The lowest BCUT2D eigenvalue weighted by Crippen LogP contribution is -2.33. The highest BCUT2D eigenvalue weighted by Gasteiger charge is 2.19. The van der Waals surface area contributed by atoms with Gasteiger partial charge in [0.15, 0.2) is 0 Å². The number of para-hydroxylation sites is 1. The summed E-state index contributed by atoms with van der Waals surface area (Å²) in [6, 6.07) is 8.59. The molecule has 0 aliphatic carbocycles. The van der Waals surface area contributed by atoms with Crippen LogP contribution >= 0.6 is 0 Å². The number of benzene rings is 1. The number of hydrogen-bond donors (Lipinski definition) is 1. The van der Waals surface area contributed by atoms with Gasteiger partial charge in [-0.15, -0.1) is 0 Å². The number of fused-ring (bicyclic) bond motifs is 1. The summed E-state index contributed by atoms with van der Waals surface area (Å²) < 4.78 is 2.07. The van der Waals surface area contributed by atoms with Crippen LogP contribution in [-0.4, -0.2) is 15.8 Å². The molecule has 3 heteroatoms. The van der Waals surface area contributed by atoms with Crippen LogP contribution in [0.15, 0.2) is 24.3 Å². The van der Waals surface area contributed by atoms with Crippen LogP contribution in [0.25, 0.3) is 10.9 Å². The van der Waals surface area contributed by atoms with Gasteiger partial charge in [-0.05, 0) is 24.8 Å². The minimum absolute atomic E-state index is 0.170. The summed E-state index contributed by atoms with van der Waals surface area (Å²) in [4.78, 5) is 0. The van der Waals surface area contributed by atoms with Crippen molar-refractivity contribution in [2.45, 2.75) is 46.7 Å². The van der Waals surface area contributed by atoms with Gasteiger partial charge >= 0.3 is 0 Å². The average molecular weight is 259 g/mol. The van der Waals surface area contributed by atoms with E-state index >= 15 is 0 Å². The lowest BCUT2D eigenvalue weighted by atomic mass is 9.88. The van der Waals surface area contributed by atoms with Gasteiger partial charge in [0.25, 0.3) is 0 Å². The Bertz CT molecular complexity index is 542. The van der Waals surface area contributed by atoms with Gasteiger partial charge in [-0.25, -0.2) is 0 Å². The van der Waals surface area contributed by atoms with Crippen LogP contribution in [-0.2, 0) is 13.0 Å². The third kappa shape index (κ3) is 2.81. The molecule has 19 heavy (non-hydrogen) atoms. The Hall–Kier alpha value is -1.35. The van der Waals surface area contributed by atoms with Crippen molar-refractivity contribution in [1.29, 1.82) is 0 Å². The van der Waals surface area contributed by atoms with Crippen molar-refractivity contribution >= 4 is 10.9 Å². The molecule has 2 rings (SSSR count). The second-order valence-corrected chi connectivity index (χ2v) is 5.75. The SMILES string of the molecule is CCn1nc(CC(N)C(C)C(C)C)c2ccccc21. The molecule has 0 radical (unpaired) electrons. The van der Waals surface area contributed by atoms with Gasteiger partial charge in [0.05, 0.1) is 11.2 Å². The predicted octanol–water partition coefficient (Wildman–Crippen LogP) is 3.22. The van der Waals surface area contributed by atoms with E-state index in [2.05, 4.69) is 56.6 Å². The van der Waals surface area contributed by atoms with Gasteiger partial charge < -0.3 is 5.73 Å². The van der Waals surface area contributed by atoms with Crippen LogP contribution in [0.4, 0.5) is 0 Å². The number of nitrogens with two attached hydrogens (primary N) is 1. The van der Waals surface area contributed by atoms with E-state index in [1.54, 1.807) is 0 Å². The summed E-state index contributed by atoms with van der Waals surface area (Å²) in [7, 11) is 0. The molecule has 0 amide bonds. The molecular formula is C16H25N3. The van der Waals surface area contributed by atoms with Crippen molar-refractivity contribution in [2.75, 3.05) is 0 Å². The van der Waals surface area contributed by atoms with Crippen molar-refractivity contribution in [3.8, 4) is 0 Å². The molecule has 2 N–H and O–H groups in total. The van der Waals surface area contributed by atoms with Gasteiger partial charge in [0.2, 0.25) is 0 Å². The Morgan fingerprint density at radius 3 is 2.53 bits per heavy atom. The summed E-state index contributed by atoms with van der Waals surface area (Å²) in [6.07, 6.45) is 0.854. The minimum Gasteiger partial charge on any atom is -0.327 e. The van der Waals surface area contributed by atoms with E-state index in [4.69, 9.17) is 10.8 Å². The van der Waals surface area contributed by atoms with E-state index in [1.807, 2.05) is 0 Å². The van der Waals surface area contributed by atoms with Crippen molar-refractivity contribution < 1.29 is 0 Å². The third-order valence-corrected chi connectivity index (χ3v) is 4.19. The number of rotatable bonds is 5. The minimum atomic E-state index is 0.170. The van der Waals surface area contributed by atoms with Gasteiger partial charge in [0.1, 0.15) is 0 Å². The molecule has 0 saturated carbocycles. The zero-order valence-corrected chi connectivity index (χ0v) is 12.4. The molecular weight excluding hydrogens is 234 g/mol. The van der Waals surface area contributed by atoms with E-state index in [0.29, 0.717) is 11.8 Å². The van der Waals surface area contributed by atoms with Gasteiger partial charge in [-0.1, -0.05) is 39.0 Å². The van der Waals surface area contributed by atoms with E-state index in [0.717, 1.165) is 18.7 Å². The molecule has 0 aliphatic rings. The first-order valence-corrected chi connectivity index (χ1v) is 7.24. The summed E-state index contributed by atoms with van der Waals surface area (Å²) in [5.41, 5.74) is 8.69. The summed E-state index contributed by atoms with van der Waals surface area (Å²) in [6.45, 7) is 9.71. The molecule has 3 nitrogen and oxygen atoms in total. The van der Waals surface area contributed by atoms with Crippen LogP contribution in [0, 0.1) is 11.8 Å². The molecule has 0 spiro atoms. The molecule has 0 aliphatic heterocycles. The van der Waals surface area contributed by atoms with Crippen molar-refractivity contribution in [1.82, 2.24) is 9.78 Å². The molecule has 2 atom stereocenters. The zero-order valence-electron chi connectivity index (χ0n) is 12.4. The number of nitrogens with zero attached hydrogens (tertiary/aromatic N) is 2. The van der Waals surface area contributed by atoms with Crippen molar-refractivity contribution in [2.24, 2.45) is 17.6 Å². The van der Waals surface area contributed by atoms with Crippen LogP contribution in [0.2, 0.25) is 0 Å². The van der Waals surface area contributed by atoms with E-state index < -0.39 is 0 Å². The first-order chi connectivity index (χ1) is 9.04. The fourth-order valence-corrected chi connectivity index (χ4v) is 2.49. The highest BCUT2D eigenvalue weighted by Crippen LogP contribution is 2.22. The lowest BCUT2D eigenvalue weighted by molar-refractivity contribution is 0.343. The number of aromatic nitrogens is 2. The van der Waals surface area contributed by atoms with E-state index in [-0.39, 0.29) is 6.04 Å². The number of aryl methyl sites for hydroxylation is 1. The smallest absolute Gasteiger partial charge is 0.0718 e. The first-order valence-electron chi connectivity index (χ1n) is 7.24. The molecule has 2 aromatic rings. The molecule has 1 heterocycles. The Morgan fingerprint density at radius 1 is 1.21 bits per heavy atom. The Labute approximate surface area is 115 Å². The molecule has 1 aromatic heterocycles. The van der Waals surface area contributed by atoms with Gasteiger partial charge in [-0.3, -0.25) is 4.68 Å². The maximum atomic E-state index is 6.34. The van der Waals surface area contributed by atoms with Crippen LogP contribution in [0.3, 0.4) is 0 Å². The summed E-state index contributed by atoms with van der Waals surface area (Å²) >= 11 is 0. The lowest BCUT2D eigenvalue weighted by Gasteiger charge is -2.22. The molecule has 104 valence electrons. The molecule has 1 aromatic carbocycles. The first kappa shape index (κ1) is 14.1. The Morgan fingerprint density at radius 2 is 1.89 bits per heavy atom. The standard InChI is InChI=1S/C16H25N3/c1-5-19-16-9-7-6-8-13(16)15(18-19)10-14(17)12(4)11(2)3/h6-9,11-12,14H,5,10,17H2,1-4H3. The third-order valence-electron chi connectivity index (χ3n) is 4.19. The predicted molar refractivity (Wildman–Crippen MR) is 81.1 cm³/mol. The molecule has 0 fully saturated rings. The second kappa shape index (κ2) is 5.74. The highest BCUT2D eigenvalue weighted by molar-refractivity contribution is 5.82. The summed E-state index contributed by atoms with van der Waals surface area (Å²) in [5, 5.41) is 5.97. The van der Waals surface area contributed by atoms with Crippen molar-refractivity contribution in [3.63, 3.8) is 0 Å². The Balaban J connectivity index is 2.30. The monoisotopic (exact) mass is 259 g/mol. The molecule has 2 unspecified atom stereocenters. The van der Waals surface area contributed by atoms with Crippen molar-refractivity contribution in [3.05, 3.63) is 30.0 Å². The molecule has 0 saturated heterocycles. The fourth-order valence-electron chi connectivity index (χ4n) is 2.49. The topological polar surface area (TPSA) is 43.8 Å². The number of hydrogen-bond acceptors (Lipinski definition) is 2. The average Bonchev–Trinajstić information content (AvgIpc) is 2.76. The maximum absolute atomic E-state index is 6.34. The van der Waals surface area contributed by atoms with Crippen LogP contribution in [0.5, 0.6) is 0 Å². The van der Waals surface area contributed by atoms with Gasteiger partial charge in [0, 0.05) is 24.4 Å². The molecule has 0 bridgehead atoms. The quantitative estimate of drug-likeness (QED) is 0.896. The van der Waals surface area contributed by atoms with Crippen LogP contribution < -0.4 is 5.73 Å². The second-order valence-electron chi connectivity index (χ2n) is 5.75. The summed E-state index contributed by atoms with van der Waals surface area (Å²) in [5.74, 6) is 1.11. The fraction of sp³-hybridized carbons (Fsp3) is 0.562. The largest absolute Gasteiger partial charge is 0.327 e. The van der Waals surface area contributed by atoms with Gasteiger partial charge in [-0.2, -0.15) is 5.10 Å². The highest BCUT2D eigenvalue weighted by atomic mass is 15.3. The maximum Gasteiger partial charge on any atom is 0.0718 e. The van der Waals surface area contributed by atoms with E-state index in [9.17, 15) is 0 Å².